The molecule has 1 aliphatic heterocycles. The second kappa shape index (κ2) is 6.86. The van der Waals surface area contributed by atoms with Gasteiger partial charge < -0.3 is 15.5 Å². The van der Waals surface area contributed by atoms with Crippen molar-refractivity contribution in [2.75, 3.05) is 33.7 Å². The van der Waals surface area contributed by atoms with Crippen molar-refractivity contribution in [2.24, 2.45) is 0 Å². The van der Waals surface area contributed by atoms with E-state index in [0.717, 1.165) is 19.6 Å². The van der Waals surface area contributed by atoms with Crippen molar-refractivity contribution < 1.29 is 4.79 Å². The van der Waals surface area contributed by atoms with E-state index < -0.39 is 0 Å². The number of likely N-dealkylation sites (N-methyl/N-ethyl adjacent to an activating group) is 2. The van der Waals surface area contributed by atoms with Gasteiger partial charge in [0.15, 0.2) is 0 Å². The molecule has 0 bridgehead atoms. The van der Waals surface area contributed by atoms with E-state index in [0.29, 0.717) is 0 Å². The molecule has 1 saturated heterocycles. The average molecular weight is 187 g/mol. The first-order valence-electron chi connectivity index (χ1n) is 4.87. The zero-order chi connectivity index (χ0) is 10.3. The molecule has 0 saturated carbocycles. The Hall–Kier alpha value is -0.610. The molecule has 13 heavy (non-hydrogen) atoms. The van der Waals surface area contributed by atoms with E-state index in [1.165, 1.54) is 0 Å². The van der Waals surface area contributed by atoms with Crippen molar-refractivity contribution in [2.45, 2.75) is 19.9 Å². The first-order valence-corrected chi connectivity index (χ1v) is 4.87. The fourth-order valence-corrected chi connectivity index (χ4v) is 1.25. The summed E-state index contributed by atoms with van der Waals surface area (Å²) >= 11 is 0. The predicted octanol–water partition coefficient (Wildman–Crippen LogP) is -0.338. The van der Waals surface area contributed by atoms with E-state index in [-0.39, 0.29) is 11.9 Å². The van der Waals surface area contributed by atoms with Crippen molar-refractivity contribution in [3.05, 3.63) is 0 Å². The molecule has 1 unspecified atom stereocenters. The van der Waals surface area contributed by atoms with E-state index in [2.05, 4.69) is 15.5 Å². The lowest BCUT2D eigenvalue weighted by molar-refractivity contribution is -0.123. The Bertz CT molecular complexity index is 150. The molecule has 1 fully saturated rings. The maximum absolute atomic E-state index is 11.1. The number of rotatable bonds is 1. The van der Waals surface area contributed by atoms with Crippen molar-refractivity contribution in [3.8, 4) is 0 Å². The predicted molar refractivity (Wildman–Crippen MR) is 54.7 cm³/mol. The normalized spacial score (nSPS) is 22.9. The number of hydrogen-bond donors (Lipinski definition) is 2. The Balaban J connectivity index is 0.000000671. The summed E-state index contributed by atoms with van der Waals surface area (Å²) in [6.07, 6.45) is 0. The highest BCUT2D eigenvalue weighted by molar-refractivity contribution is 5.81. The third kappa shape index (κ3) is 4.24. The van der Waals surface area contributed by atoms with Crippen LogP contribution < -0.4 is 10.6 Å². The Labute approximate surface area is 80.7 Å². The first-order chi connectivity index (χ1) is 6.24. The molecule has 1 heterocycles. The average Bonchev–Trinajstić information content (AvgIpc) is 2.20. The van der Waals surface area contributed by atoms with E-state index in [1.54, 1.807) is 7.05 Å². The monoisotopic (exact) mass is 187 g/mol. The summed E-state index contributed by atoms with van der Waals surface area (Å²) in [4.78, 5) is 13.3. The molecule has 2 N–H and O–H groups in total. The number of amides is 1. The van der Waals surface area contributed by atoms with E-state index >= 15 is 0 Å². The van der Waals surface area contributed by atoms with E-state index in [4.69, 9.17) is 0 Å². The van der Waals surface area contributed by atoms with Gasteiger partial charge in [0.25, 0.3) is 0 Å². The second-order valence-electron chi connectivity index (χ2n) is 2.88. The lowest BCUT2D eigenvalue weighted by Gasteiger charge is -2.29. The smallest absolute Gasteiger partial charge is 0.238 e. The maximum atomic E-state index is 11.1. The number of hydrogen-bond acceptors (Lipinski definition) is 3. The molecule has 0 aromatic rings. The van der Waals surface area contributed by atoms with Gasteiger partial charge in [0.1, 0.15) is 0 Å². The fraction of sp³-hybridized carbons (Fsp3) is 0.889. The van der Waals surface area contributed by atoms with Gasteiger partial charge in [0, 0.05) is 26.7 Å². The summed E-state index contributed by atoms with van der Waals surface area (Å²) in [5.41, 5.74) is 0. The van der Waals surface area contributed by atoms with Crippen LogP contribution in [-0.2, 0) is 4.79 Å². The van der Waals surface area contributed by atoms with Crippen LogP contribution in [0.2, 0.25) is 0 Å². The van der Waals surface area contributed by atoms with E-state index in [9.17, 15) is 4.79 Å². The molecule has 0 radical (unpaired) electrons. The molecule has 0 aromatic heterocycles. The second-order valence-corrected chi connectivity index (χ2v) is 2.88. The molecule has 4 nitrogen and oxygen atoms in total. The largest absolute Gasteiger partial charge is 0.358 e. The number of carbonyl (C=O) groups excluding carboxylic acids is 1. The lowest BCUT2D eigenvalue weighted by Crippen LogP contribution is -2.55. The Kier molecular flexibility index (Phi) is 6.54. The van der Waals surface area contributed by atoms with Gasteiger partial charge in [-0.05, 0) is 7.05 Å². The van der Waals surface area contributed by atoms with Crippen LogP contribution in [0.25, 0.3) is 0 Å². The van der Waals surface area contributed by atoms with Gasteiger partial charge in [-0.2, -0.15) is 0 Å². The van der Waals surface area contributed by atoms with Crippen molar-refractivity contribution in [1.82, 2.24) is 15.5 Å². The summed E-state index contributed by atoms with van der Waals surface area (Å²) in [5.74, 6) is 0.0801. The Morgan fingerprint density at radius 1 is 1.54 bits per heavy atom. The summed E-state index contributed by atoms with van der Waals surface area (Å²) in [6, 6.07) is -0.0289. The standard InChI is InChI=1S/C7H15N3O.C2H6/c1-8-7(11)6-5-10(2)4-3-9-6;1-2/h6,9H,3-5H2,1-2H3,(H,8,11);1-2H3. The fourth-order valence-electron chi connectivity index (χ4n) is 1.25. The SMILES string of the molecule is CC.CNC(=O)C1CN(C)CCN1. The van der Waals surface area contributed by atoms with Crippen LogP contribution >= 0.6 is 0 Å². The highest BCUT2D eigenvalue weighted by Gasteiger charge is 2.21. The molecule has 1 rings (SSSR count). The van der Waals surface area contributed by atoms with Gasteiger partial charge in [-0.15, -0.1) is 0 Å². The van der Waals surface area contributed by atoms with Crippen LogP contribution in [-0.4, -0.2) is 50.6 Å². The van der Waals surface area contributed by atoms with Gasteiger partial charge in [-0.3, -0.25) is 4.79 Å². The van der Waals surface area contributed by atoms with Crippen LogP contribution in [0.5, 0.6) is 0 Å². The van der Waals surface area contributed by atoms with Crippen LogP contribution in [0, 0.1) is 0 Å². The molecular formula is C9H21N3O. The minimum absolute atomic E-state index is 0.0289. The molecule has 78 valence electrons. The molecule has 4 heteroatoms. The van der Waals surface area contributed by atoms with Crippen LogP contribution in [0.3, 0.4) is 0 Å². The topological polar surface area (TPSA) is 44.4 Å². The number of piperazine rings is 1. The van der Waals surface area contributed by atoms with Crippen LogP contribution in [0.15, 0.2) is 0 Å². The minimum atomic E-state index is -0.0289. The van der Waals surface area contributed by atoms with E-state index in [1.807, 2.05) is 20.9 Å². The summed E-state index contributed by atoms with van der Waals surface area (Å²) in [5, 5.41) is 5.77. The third-order valence-corrected chi connectivity index (χ3v) is 1.94. The highest BCUT2D eigenvalue weighted by atomic mass is 16.2. The third-order valence-electron chi connectivity index (χ3n) is 1.94. The lowest BCUT2D eigenvalue weighted by atomic mass is 10.2. The quantitative estimate of drug-likeness (QED) is 0.590. The number of nitrogens with one attached hydrogen (secondary N) is 2. The first kappa shape index (κ1) is 12.4. The Morgan fingerprint density at radius 3 is 2.62 bits per heavy atom. The molecule has 0 aliphatic carbocycles. The molecular weight excluding hydrogens is 166 g/mol. The van der Waals surface area contributed by atoms with Crippen LogP contribution in [0.1, 0.15) is 13.8 Å². The van der Waals surface area contributed by atoms with Gasteiger partial charge >= 0.3 is 0 Å². The van der Waals surface area contributed by atoms with Crippen LogP contribution in [0.4, 0.5) is 0 Å². The molecule has 1 atom stereocenters. The Morgan fingerprint density at radius 2 is 2.15 bits per heavy atom. The van der Waals surface area contributed by atoms with Crippen molar-refractivity contribution >= 4 is 5.91 Å². The molecule has 0 aromatic carbocycles. The maximum Gasteiger partial charge on any atom is 0.238 e. The highest BCUT2D eigenvalue weighted by Crippen LogP contribution is 1.94. The zero-order valence-corrected chi connectivity index (χ0v) is 9.05. The number of carbonyl (C=O) groups is 1. The molecule has 1 amide bonds. The number of nitrogens with zero attached hydrogens (tertiary/aromatic N) is 1. The van der Waals surface area contributed by atoms with Crippen molar-refractivity contribution in [1.29, 1.82) is 0 Å². The van der Waals surface area contributed by atoms with Gasteiger partial charge in [0.05, 0.1) is 6.04 Å². The van der Waals surface area contributed by atoms with Crippen molar-refractivity contribution in [3.63, 3.8) is 0 Å². The molecule has 0 spiro atoms. The molecule has 1 aliphatic rings. The summed E-state index contributed by atoms with van der Waals surface area (Å²) < 4.78 is 0. The summed E-state index contributed by atoms with van der Waals surface area (Å²) in [6.45, 7) is 6.72. The minimum Gasteiger partial charge on any atom is -0.358 e. The van der Waals surface area contributed by atoms with Gasteiger partial charge in [-0.25, -0.2) is 0 Å². The summed E-state index contributed by atoms with van der Waals surface area (Å²) in [7, 11) is 3.69. The van der Waals surface area contributed by atoms with Gasteiger partial charge in [-0.1, -0.05) is 13.8 Å². The zero-order valence-electron chi connectivity index (χ0n) is 9.05. The van der Waals surface area contributed by atoms with Gasteiger partial charge in [0.2, 0.25) is 5.91 Å².